The van der Waals surface area contributed by atoms with Crippen molar-refractivity contribution in [3.63, 3.8) is 0 Å². The number of pyridine rings is 2. The third-order valence-electron chi connectivity index (χ3n) is 13.5. The minimum Gasteiger partial charge on any atom is -0.248 e. The van der Waals surface area contributed by atoms with Crippen LogP contribution in [0.25, 0.3) is 142 Å². The van der Waals surface area contributed by atoms with E-state index in [2.05, 4.69) is 206 Å². The van der Waals surface area contributed by atoms with Gasteiger partial charge >= 0.3 is 0 Å². The summed E-state index contributed by atoms with van der Waals surface area (Å²) >= 11 is 0. The molecule has 0 aliphatic heterocycles. The number of hydrogen-bond donors (Lipinski definition) is 0. The molecule has 0 N–H and O–H groups in total. The molecule has 0 atom stereocenters. The number of rotatable bonds is 4. The van der Waals surface area contributed by atoms with Gasteiger partial charge < -0.3 is 0 Å². The van der Waals surface area contributed by atoms with Crippen LogP contribution in [-0.4, -0.2) is 9.97 Å². The van der Waals surface area contributed by atoms with E-state index in [4.69, 9.17) is 9.97 Å². The maximum absolute atomic E-state index is 5.62. The van der Waals surface area contributed by atoms with E-state index in [0.29, 0.717) is 0 Å². The Labute approximate surface area is 356 Å². The van der Waals surface area contributed by atoms with Gasteiger partial charge in [0, 0.05) is 38.4 Å². The first kappa shape index (κ1) is 33.6. The summed E-state index contributed by atoms with van der Waals surface area (Å²) in [7, 11) is 0. The van der Waals surface area contributed by atoms with Crippen LogP contribution in [0.4, 0.5) is 0 Å². The molecule has 14 aromatic rings. The Morgan fingerprint density at radius 1 is 0.210 bits per heavy atom. The Morgan fingerprint density at radius 3 is 1.37 bits per heavy atom. The molecule has 0 unspecified atom stereocenters. The molecule has 0 bridgehead atoms. The monoisotopic (exact) mass is 782 g/mol. The minimum absolute atomic E-state index is 0.954. The highest BCUT2D eigenvalue weighted by Crippen LogP contribution is 2.55. The fourth-order valence-corrected chi connectivity index (χ4v) is 11.0. The van der Waals surface area contributed by atoms with Gasteiger partial charge in [-0.05, 0) is 117 Å². The number of benzene rings is 10. The second-order valence-electron chi connectivity index (χ2n) is 16.7. The summed E-state index contributed by atoms with van der Waals surface area (Å²) < 4.78 is 0. The van der Waals surface area contributed by atoms with E-state index in [1.165, 1.54) is 97.0 Å². The van der Waals surface area contributed by atoms with Gasteiger partial charge in [-0.3, -0.25) is 0 Å². The zero-order valence-corrected chi connectivity index (χ0v) is 33.5. The lowest BCUT2D eigenvalue weighted by molar-refractivity contribution is 1.33. The van der Waals surface area contributed by atoms with Crippen molar-refractivity contribution < 1.29 is 0 Å². The van der Waals surface area contributed by atoms with E-state index in [9.17, 15) is 0 Å². The molecule has 2 heteroatoms. The van der Waals surface area contributed by atoms with Crippen molar-refractivity contribution >= 4 is 97.0 Å². The molecule has 14 rings (SSSR count). The van der Waals surface area contributed by atoms with E-state index in [-0.39, 0.29) is 0 Å². The van der Waals surface area contributed by atoms with Crippen LogP contribution in [0.5, 0.6) is 0 Å². The number of aromatic nitrogens is 2. The van der Waals surface area contributed by atoms with Crippen LogP contribution in [-0.2, 0) is 0 Å². The average Bonchev–Trinajstić information content (AvgIpc) is 3.85. The highest BCUT2D eigenvalue weighted by Gasteiger charge is 2.28. The van der Waals surface area contributed by atoms with Crippen molar-refractivity contribution in [3.8, 4) is 45.0 Å². The molecule has 0 spiro atoms. The third kappa shape index (κ3) is 4.58. The second-order valence-corrected chi connectivity index (χ2v) is 16.7. The van der Waals surface area contributed by atoms with Crippen molar-refractivity contribution in [3.05, 3.63) is 206 Å². The van der Waals surface area contributed by atoms with Crippen LogP contribution in [0, 0.1) is 0 Å². The van der Waals surface area contributed by atoms with E-state index in [1.807, 2.05) is 0 Å². The molecule has 0 fully saturated rings. The second kappa shape index (κ2) is 12.7. The van der Waals surface area contributed by atoms with Crippen LogP contribution in [0.1, 0.15) is 0 Å². The van der Waals surface area contributed by atoms with Gasteiger partial charge in [-0.25, -0.2) is 9.97 Å². The molecule has 0 saturated carbocycles. The molecule has 284 valence electrons. The summed E-state index contributed by atoms with van der Waals surface area (Å²) in [5.74, 6) is 0. The fourth-order valence-electron chi connectivity index (χ4n) is 11.0. The van der Waals surface area contributed by atoms with Gasteiger partial charge in [-0.2, -0.15) is 0 Å². The van der Waals surface area contributed by atoms with Crippen molar-refractivity contribution in [2.75, 3.05) is 0 Å². The summed E-state index contributed by atoms with van der Waals surface area (Å²) in [6.45, 7) is 0. The predicted molar refractivity (Wildman–Crippen MR) is 264 cm³/mol. The SMILES string of the molecule is c1ccc(-c2cccc(-c3c4cc5c6ccccc6c6cccc(c4c(-c4cccc(-c7ccccc7)n4)c4c7cc8ccc9ccccc9c8c8cccc(c34)c78)c65)n2)cc1. The van der Waals surface area contributed by atoms with Gasteiger partial charge in [0.25, 0.3) is 0 Å². The Kier molecular flexibility index (Phi) is 6.86. The van der Waals surface area contributed by atoms with Crippen LogP contribution >= 0.6 is 0 Å². The third-order valence-corrected chi connectivity index (χ3v) is 13.5. The molecule has 0 aliphatic carbocycles. The van der Waals surface area contributed by atoms with Crippen LogP contribution < -0.4 is 0 Å². The minimum atomic E-state index is 0.954. The topological polar surface area (TPSA) is 25.8 Å². The first-order valence-corrected chi connectivity index (χ1v) is 21.4. The average molecular weight is 783 g/mol. The van der Waals surface area contributed by atoms with E-state index >= 15 is 0 Å². The summed E-state index contributed by atoms with van der Waals surface area (Å²) in [5, 5.41) is 22.5. The predicted octanol–water partition coefficient (Wildman–Crippen LogP) is 16.4. The molecule has 2 heterocycles. The molecular formula is C60H34N2. The van der Waals surface area contributed by atoms with Crippen LogP contribution in [0.3, 0.4) is 0 Å². The lowest BCUT2D eigenvalue weighted by Gasteiger charge is -2.19. The molecule has 2 nitrogen and oxygen atoms in total. The zero-order valence-electron chi connectivity index (χ0n) is 33.5. The Morgan fingerprint density at radius 2 is 0.677 bits per heavy atom. The number of hydrogen-bond acceptors (Lipinski definition) is 2. The van der Waals surface area contributed by atoms with E-state index in [1.54, 1.807) is 0 Å². The van der Waals surface area contributed by atoms with Crippen molar-refractivity contribution in [1.82, 2.24) is 9.97 Å². The molecule has 2 aromatic heterocycles. The van der Waals surface area contributed by atoms with Gasteiger partial charge in [0.15, 0.2) is 0 Å². The van der Waals surface area contributed by atoms with E-state index < -0.39 is 0 Å². The molecule has 12 aromatic carbocycles. The van der Waals surface area contributed by atoms with Crippen molar-refractivity contribution in [1.29, 1.82) is 0 Å². The number of fused-ring (bicyclic) bond motifs is 12. The summed E-state index contributed by atoms with van der Waals surface area (Å²) in [6.07, 6.45) is 0. The first-order chi connectivity index (χ1) is 30.8. The van der Waals surface area contributed by atoms with Gasteiger partial charge in [-0.1, -0.05) is 170 Å². The van der Waals surface area contributed by atoms with Crippen molar-refractivity contribution in [2.24, 2.45) is 0 Å². The first-order valence-electron chi connectivity index (χ1n) is 21.4. The smallest absolute Gasteiger partial charge is 0.0722 e. The van der Waals surface area contributed by atoms with Crippen molar-refractivity contribution in [2.45, 2.75) is 0 Å². The maximum Gasteiger partial charge on any atom is 0.0722 e. The molecule has 62 heavy (non-hydrogen) atoms. The largest absolute Gasteiger partial charge is 0.248 e. The van der Waals surface area contributed by atoms with Gasteiger partial charge in [0.2, 0.25) is 0 Å². The summed E-state index contributed by atoms with van der Waals surface area (Å²) in [4.78, 5) is 11.2. The summed E-state index contributed by atoms with van der Waals surface area (Å²) in [6, 6.07) is 75.3. The normalized spacial score (nSPS) is 12.2. The lowest BCUT2D eigenvalue weighted by atomic mass is 9.85. The quantitative estimate of drug-likeness (QED) is 0.166. The molecule has 0 saturated heterocycles. The van der Waals surface area contributed by atoms with Gasteiger partial charge in [0.05, 0.1) is 22.8 Å². The standard InChI is InChI=1S/C60H34N2/c1-3-16-36(17-4-1)49-27-13-29-51(61-49)57-48-34-46-41-22-10-9-21-40(41)42-23-11-25-44(54(42)46)56(48)60(52-30-14-28-50(62-52)37-18-5-2-6-19-37)59-47-33-38-32-31-35-15-7-8-20-39(35)53(38)43-24-12-26-45(55(43)47)58(57)59/h1-34H. The molecular weight excluding hydrogens is 749 g/mol. The van der Waals surface area contributed by atoms with Crippen LogP contribution in [0.2, 0.25) is 0 Å². The Bertz CT molecular complexity index is 4130. The Balaban J connectivity index is 1.27. The summed E-state index contributed by atoms with van der Waals surface area (Å²) in [5.41, 5.74) is 8.33. The lowest BCUT2D eigenvalue weighted by Crippen LogP contribution is -1.95. The maximum atomic E-state index is 5.62. The highest BCUT2D eigenvalue weighted by atomic mass is 14.7. The van der Waals surface area contributed by atoms with Crippen LogP contribution in [0.15, 0.2) is 206 Å². The Hall–Kier alpha value is -8.20. The highest BCUT2D eigenvalue weighted by molar-refractivity contribution is 6.46. The zero-order chi connectivity index (χ0) is 40.5. The van der Waals surface area contributed by atoms with Gasteiger partial charge in [0.1, 0.15) is 0 Å². The van der Waals surface area contributed by atoms with Gasteiger partial charge in [-0.15, -0.1) is 0 Å². The molecule has 0 amide bonds. The molecule has 0 radical (unpaired) electrons. The molecule has 0 aliphatic rings. The number of nitrogens with zero attached hydrogens (tertiary/aromatic N) is 2. The van der Waals surface area contributed by atoms with E-state index in [0.717, 1.165) is 45.0 Å². The fraction of sp³-hybridized carbons (Fsp3) is 0.